The number of anilines is 1. The van der Waals surface area contributed by atoms with Crippen LogP contribution in [0.25, 0.3) is 0 Å². The summed E-state index contributed by atoms with van der Waals surface area (Å²) in [5.74, 6) is -0.653. The molecule has 1 aromatic carbocycles. The van der Waals surface area contributed by atoms with Crippen LogP contribution < -0.4 is 10.6 Å². The zero-order valence-electron chi connectivity index (χ0n) is 12.6. The van der Waals surface area contributed by atoms with Crippen LogP contribution in [0, 0.1) is 5.92 Å². The molecule has 5 nitrogen and oxygen atoms in total. The molecule has 0 bridgehead atoms. The maximum Gasteiger partial charge on any atom is 0.246 e. The highest BCUT2D eigenvalue weighted by Crippen LogP contribution is 2.41. The van der Waals surface area contributed by atoms with Crippen molar-refractivity contribution in [2.45, 2.75) is 25.1 Å². The summed E-state index contributed by atoms with van der Waals surface area (Å²) < 4.78 is 13.9. The third-order valence-corrected chi connectivity index (χ3v) is 4.67. The molecular weight excluding hydrogens is 285 g/mol. The number of hydrogen-bond donors (Lipinski definition) is 1. The van der Waals surface area contributed by atoms with E-state index in [9.17, 15) is 14.0 Å². The molecule has 0 radical (unpaired) electrons. The van der Waals surface area contributed by atoms with Crippen molar-refractivity contribution in [3.05, 3.63) is 29.8 Å². The van der Waals surface area contributed by atoms with E-state index in [-0.39, 0.29) is 43.7 Å². The van der Waals surface area contributed by atoms with Crippen molar-refractivity contribution in [1.82, 2.24) is 4.90 Å². The predicted octanol–water partition coefficient (Wildman–Crippen LogP) is 1.07. The molecule has 0 atom stereocenters. The number of hydrogen-bond acceptors (Lipinski definition) is 3. The van der Waals surface area contributed by atoms with E-state index in [2.05, 4.69) is 0 Å². The lowest BCUT2D eigenvalue weighted by Crippen LogP contribution is -2.52. The Labute approximate surface area is 128 Å². The van der Waals surface area contributed by atoms with Gasteiger partial charge in [0.1, 0.15) is 12.2 Å². The molecule has 1 saturated carbocycles. The highest BCUT2D eigenvalue weighted by molar-refractivity contribution is 5.98. The Morgan fingerprint density at radius 3 is 2.73 bits per heavy atom. The first-order valence-corrected chi connectivity index (χ1v) is 7.46. The van der Waals surface area contributed by atoms with E-state index >= 15 is 0 Å². The predicted molar refractivity (Wildman–Crippen MR) is 80.9 cm³/mol. The minimum atomic E-state index is -1.41. The third-order valence-electron chi connectivity index (χ3n) is 4.67. The number of para-hydroxylation sites is 1. The second-order valence-corrected chi connectivity index (χ2v) is 6.24. The van der Waals surface area contributed by atoms with Gasteiger partial charge in [0.05, 0.1) is 0 Å². The first-order valence-electron chi connectivity index (χ1n) is 7.46. The largest absolute Gasteiger partial charge is 0.329 e. The second-order valence-electron chi connectivity index (χ2n) is 6.24. The van der Waals surface area contributed by atoms with Crippen molar-refractivity contribution in [2.24, 2.45) is 11.7 Å². The van der Waals surface area contributed by atoms with E-state index in [1.165, 1.54) is 4.90 Å². The summed E-state index contributed by atoms with van der Waals surface area (Å²) in [5, 5.41) is 0. The van der Waals surface area contributed by atoms with Crippen LogP contribution in [0.1, 0.15) is 18.4 Å². The number of alkyl halides is 1. The topological polar surface area (TPSA) is 66.6 Å². The van der Waals surface area contributed by atoms with Crippen LogP contribution in [0.15, 0.2) is 24.3 Å². The molecule has 1 fully saturated rings. The fraction of sp³-hybridized carbons (Fsp3) is 0.500. The summed E-state index contributed by atoms with van der Waals surface area (Å²) in [6, 6.07) is 7.52. The number of nitrogens with two attached hydrogens (primary N) is 1. The molecule has 6 heteroatoms. The summed E-state index contributed by atoms with van der Waals surface area (Å²) in [4.78, 5) is 27.9. The number of carbonyl (C=O) groups excluding carboxylic acids is 2. The molecule has 0 spiro atoms. The minimum absolute atomic E-state index is 0.0302. The van der Waals surface area contributed by atoms with Gasteiger partial charge in [0.2, 0.25) is 11.8 Å². The summed E-state index contributed by atoms with van der Waals surface area (Å²) in [6.45, 7) is 0.354. The lowest BCUT2D eigenvalue weighted by molar-refractivity contribution is -0.147. The van der Waals surface area contributed by atoms with Gasteiger partial charge in [0.15, 0.2) is 0 Å². The molecule has 1 aliphatic heterocycles. The summed E-state index contributed by atoms with van der Waals surface area (Å²) in [6.07, 6.45) is 0.315. The molecule has 2 amide bonds. The molecule has 2 N–H and O–H groups in total. The highest BCUT2D eigenvalue weighted by Gasteiger charge is 2.48. The van der Waals surface area contributed by atoms with E-state index in [1.807, 2.05) is 24.3 Å². The summed E-state index contributed by atoms with van der Waals surface area (Å²) >= 11 is 0. The Morgan fingerprint density at radius 2 is 2.05 bits per heavy atom. The fourth-order valence-corrected chi connectivity index (χ4v) is 3.22. The number of benzene rings is 1. The quantitative estimate of drug-likeness (QED) is 0.889. The first-order chi connectivity index (χ1) is 10.4. The molecule has 22 heavy (non-hydrogen) atoms. The van der Waals surface area contributed by atoms with E-state index in [1.54, 1.807) is 11.9 Å². The van der Waals surface area contributed by atoms with E-state index < -0.39 is 5.67 Å². The van der Waals surface area contributed by atoms with Crippen molar-refractivity contribution in [2.75, 3.05) is 25.0 Å². The standard InChI is InChI=1S/C16H20FN3O2/c1-19-13-5-3-2-4-11(13)8-20(9-14(19)21)15(22)12-6-16(17,7-12)10-18/h2-5,12H,6-10,18H2,1H3. The van der Waals surface area contributed by atoms with Crippen LogP contribution in [-0.2, 0) is 16.1 Å². The summed E-state index contributed by atoms with van der Waals surface area (Å²) in [7, 11) is 1.71. The van der Waals surface area contributed by atoms with Gasteiger partial charge in [-0.15, -0.1) is 0 Å². The molecule has 0 saturated heterocycles. The number of nitrogens with zero attached hydrogens (tertiary/aromatic N) is 2. The highest BCUT2D eigenvalue weighted by atomic mass is 19.1. The fourth-order valence-electron chi connectivity index (χ4n) is 3.22. The Morgan fingerprint density at radius 1 is 1.36 bits per heavy atom. The van der Waals surface area contributed by atoms with Crippen LogP contribution >= 0.6 is 0 Å². The molecule has 0 unspecified atom stereocenters. The van der Waals surface area contributed by atoms with Crippen molar-refractivity contribution >= 4 is 17.5 Å². The second kappa shape index (κ2) is 5.35. The van der Waals surface area contributed by atoms with Gasteiger partial charge >= 0.3 is 0 Å². The minimum Gasteiger partial charge on any atom is -0.329 e. The Kier molecular flexibility index (Phi) is 3.64. The first kappa shape index (κ1) is 15.0. The van der Waals surface area contributed by atoms with Crippen molar-refractivity contribution in [3.8, 4) is 0 Å². The van der Waals surface area contributed by atoms with Gasteiger partial charge in [0.25, 0.3) is 0 Å². The maximum absolute atomic E-state index is 13.9. The van der Waals surface area contributed by atoms with Gasteiger partial charge in [-0.2, -0.15) is 0 Å². The van der Waals surface area contributed by atoms with Crippen molar-refractivity contribution in [3.63, 3.8) is 0 Å². The molecule has 3 rings (SSSR count). The zero-order valence-corrected chi connectivity index (χ0v) is 12.6. The molecule has 1 aromatic rings. The van der Waals surface area contributed by atoms with Crippen molar-refractivity contribution < 1.29 is 14.0 Å². The van der Waals surface area contributed by atoms with Crippen LogP contribution in [-0.4, -0.2) is 42.5 Å². The van der Waals surface area contributed by atoms with Crippen LogP contribution in [0.5, 0.6) is 0 Å². The smallest absolute Gasteiger partial charge is 0.246 e. The third kappa shape index (κ3) is 2.47. The van der Waals surface area contributed by atoms with Gasteiger partial charge < -0.3 is 15.5 Å². The normalized spacial score (nSPS) is 28.0. The van der Waals surface area contributed by atoms with Crippen LogP contribution in [0.3, 0.4) is 0 Å². The van der Waals surface area contributed by atoms with Gasteiger partial charge in [-0.3, -0.25) is 9.59 Å². The number of halogens is 1. The maximum atomic E-state index is 13.9. The molecular formula is C16H20FN3O2. The van der Waals surface area contributed by atoms with Gasteiger partial charge in [0, 0.05) is 31.7 Å². The Balaban J connectivity index is 1.79. The Hall–Kier alpha value is -1.95. The molecule has 1 heterocycles. The number of rotatable bonds is 2. The van der Waals surface area contributed by atoms with Gasteiger partial charge in [-0.25, -0.2) is 4.39 Å². The van der Waals surface area contributed by atoms with Crippen LogP contribution in [0.4, 0.5) is 10.1 Å². The number of amides is 2. The van der Waals surface area contributed by atoms with E-state index in [4.69, 9.17) is 5.73 Å². The molecule has 2 aliphatic rings. The van der Waals surface area contributed by atoms with Gasteiger partial charge in [-0.1, -0.05) is 18.2 Å². The molecule has 1 aliphatic carbocycles. The SMILES string of the molecule is CN1C(=O)CN(C(=O)C2CC(F)(CN)C2)Cc2ccccc21. The van der Waals surface area contributed by atoms with Gasteiger partial charge in [-0.05, 0) is 24.5 Å². The molecule has 0 aromatic heterocycles. The lowest BCUT2D eigenvalue weighted by Gasteiger charge is -2.41. The Bertz CT molecular complexity index is 613. The summed E-state index contributed by atoms with van der Waals surface area (Å²) in [5.41, 5.74) is 5.71. The number of likely N-dealkylation sites (N-methyl/N-ethyl adjacent to an activating group) is 1. The van der Waals surface area contributed by atoms with E-state index in [0.29, 0.717) is 6.54 Å². The number of fused-ring (bicyclic) bond motifs is 1. The average Bonchev–Trinajstić information content (AvgIpc) is 2.61. The van der Waals surface area contributed by atoms with Crippen molar-refractivity contribution in [1.29, 1.82) is 0 Å². The lowest BCUT2D eigenvalue weighted by atomic mass is 9.71. The number of carbonyl (C=O) groups is 2. The monoisotopic (exact) mass is 305 g/mol. The zero-order chi connectivity index (χ0) is 15.9. The molecule has 118 valence electrons. The average molecular weight is 305 g/mol. The van der Waals surface area contributed by atoms with Crippen LogP contribution in [0.2, 0.25) is 0 Å². The van der Waals surface area contributed by atoms with E-state index in [0.717, 1.165) is 11.3 Å².